The van der Waals surface area contributed by atoms with E-state index in [-0.39, 0.29) is 5.78 Å². The Bertz CT molecular complexity index is 199. The van der Waals surface area contributed by atoms with E-state index in [1.54, 1.807) is 0 Å². The van der Waals surface area contributed by atoms with E-state index in [1.807, 2.05) is 0 Å². The van der Waals surface area contributed by atoms with Gasteiger partial charge in [-0.3, -0.25) is 9.59 Å². The van der Waals surface area contributed by atoms with Crippen LogP contribution in [0.5, 0.6) is 0 Å². The van der Waals surface area contributed by atoms with Gasteiger partial charge < -0.3 is 9.47 Å². The molecule has 0 saturated heterocycles. The fourth-order valence-corrected chi connectivity index (χ4v) is 1.44. The average molecular weight is 172 g/mol. The summed E-state index contributed by atoms with van der Waals surface area (Å²) in [7, 11) is 2.76. The number of carbonyl (C=O) groups is 2. The van der Waals surface area contributed by atoms with Gasteiger partial charge in [0.1, 0.15) is 12.0 Å². The molecule has 2 unspecified atom stereocenters. The van der Waals surface area contributed by atoms with Crippen LogP contribution < -0.4 is 0 Å². The number of carbonyl (C=O) groups excluding carboxylic acids is 2. The molecule has 4 heteroatoms. The standard InChI is InChI=1S/C8H12O4/c1-11-6-4-3-5(7(6)9)8(10)12-2/h5-6H,3-4H2,1-2H3. The van der Waals surface area contributed by atoms with Crippen LogP contribution in [0.15, 0.2) is 0 Å². The van der Waals surface area contributed by atoms with Crippen LogP contribution in [0.4, 0.5) is 0 Å². The highest BCUT2D eigenvalue weighted by Crippen LogP contribution is 2.24. The van der Waals surface area contributed by atoms with Gasteiger partial charge in [0.15, 0.2) is 5.78 Å². The zero-order valence-corrected chi connectivity index (χ0v) is 7.20. The van der Waals surface area contributed by atoms with Crippen LogP contribution in [0.3, 0.4) is 0 Å². The molecule has 0 amide bonds. The van der Waals surface area contributed by atoms with Gasteiger partial charge in [0, 0.05) is 7.11 Å². The van der Waals surface area contributed by atoms with Crippen LogP contribution in [0.25, 0.3) is 0 Å². The van der Waals surface area contributed by atoms with E-state index in [9.17, 15) is 9.59 Å². The normalized spacial score (nSPS) is 29.0. The third kappa shape index (κ3) is 1.48. The highest BCUT2D eigenvalue weighted by atomic mass is 16.5. The number of Topliss-reactive ketones (excluding diaryl/α,β-unsaturated/α-hetero) is 1. The Kier molecular flexibility index (Phi) is 2.81. The summed E-state index contributed by atoms with van der Waals surface area (Å²) in [5.41, 5.74) is 0. The highest BCUT2D eigenvalue weighted by Gasteiger charge is 2.39. The summed E-state index contributed by atoms with van der Waals surface area (Å²) in [6.07, 6.45) is 0.758. The van der Waals surface area contributed by atoms with Crippen LogP contribution >= 0.6 is 0 Å². The van der Waals surface area contributed by atoms with Gasteiger partial charge in [0.05, 0.1) is 7.11 Å². The summed E-state index contributed by atoms with van der Waals surface area (Å²) in [6, 6.07) is 0. The Morgan fingerprint density at radius 3 is 2.50 bits per heavy atom. The molecule has 0 radical (unpaired) electrons. The molecule has 0 aromatic heterocycles. The van der Waals surface area contributed by atoms with Crippen molar-refractivity contribution in [3.63, 3.8) is 0 Å². The molecule has 0 aromatic rings. The molecule has 0 aromatic carbocycles. The maximum atomic E-state index is 11.3. The van der Waals surface area contributed by atoms with E-state index in [0.29, 0.717) is 12.8 Å². The highest BCUT2D eigenvalue weighted by molar-refractivity contribution is 6.02. The van der Waals surface area contributed by atoms with E-state index in [4.69, 9.17) is 4.74 Å². The first-order valence-electron chi connectivity index (χ1n) is 3.85. The number of hydrogen-bond acceptors (Lipinski definition) is 4. The molecule has 1 rings (SSSR count). The number of esters is 1. The van der Waals surface area contributed by atoms with Crippen LogP contribution in [-0.4, -0.2) is 32.1 Å². The van der Waals surface area contributed by atoms with E-state index in [0.717, 1.165) is 0 Å². The first-order valence-corrected chi connectivity index (χ1v) is 3.85. The second-order valence-corrected chi connectivity index (χ2v) is 2.78. The predicted molar refractivity (Wildman–Crippen MR) is 40.5 cm³/mol. The largest absolute Gasteiger partial charge is 0.468 e. The average Bonchev–Trinajstić information content (AvgIpc) is 2.45. The molecule has 1 aliphatic rings. The zero-order valence-electron chi connectivity index (χ0n) is 7.20. The lowest BCUT2D eigenvalue weighted by Crippen LogP contribution is -2.26. The lowest BCUT2D eigenvalue weighted by molar-refractivity contribution is -0.149. The van der Waals surface area contributed by atoms with Crippen molar-refractivity contribution in [2.45, 2.75) is 18.9 Å². The fourth-order valence-electron chi connectivity index (χ4n) is 1.44. The SMILES string of the molecule is COC(=O)C1CCC(OC)C1=O. The van der Waals surface area contributed by atoms with Gasteiger partial charge in [0.2, 0.25) is 0 Å². The Balaban J connectivity index is 2.60. The Morgan fingerprint density at radius 2 is 2.08 bits per heavy atom. The minimum absolute atomic E-state index is 0.149. The molecule has 0 N–H and O–H groups in total. The predicted octanol–water partition coefficient (Wildman–Crippen LogP) is 0.153. The molecule has 4 nitrogen and oxygen atoms in total. The van der Waals surface area contributed by atoms with Crippen LogP contribution in [-0.2, 0) is 19.1 Å². The minimum Gasteiger partial charge on any atom is -0.468 e. The first-order chi connectivity index (χ1) is 5.70. The second kappa shape index (κ2) is 3.67. The van der Waals surface area contributed by atoms with E-state index < -0.39 is 18.0 Å². The van der Waals surface area contributed by atoms with Crippen LogP contribution in [0, 0.1) is 5.92 Å². The van der Waals surface area contributed by atoms with Crippen LogP contribution in [0.1, 0.15) is 12.8 Å². The Hall–Kier alpha value is -0.900. The molecule has 0 bridgehead atoms. The topological polar surface area (TPSA) is 52.6 Å². The number of rotatable bonds is 2. The summed E-state index contributed by atoms with van der Waals surface area (Å²) in [5.74, 6) is -1.19. The summed E-state index contributed by atoms with van der Waals surface area (Å²) >= 11 is 0. The lowest BCUT2D eigenvalue weighted by Gasteiger charge is -2.06. The molecule has 0 heterocycles. The molecule has 68 valence electrons. The van der Waals surface area contributed by atoms with Crippen molar-refractivity contribution in [3.8, 4) is 0 Å². The molecule has 12 heavy (non-hydrogen) atoms. The lowest BCUT2D eigenvalue weighted by atomic mass is 10.1. The smallest absolute Gasteiger partial charge is 0.316 e. The van der Waals surface area contributed by atoms with Crippen LogP contribution in [0.2, 0.25) is 0 Å². The molecule has 0 spiro atoms. The molecular weight excluding hydrogens is 160 g/mol. The number of methoxy groups -OCH3 is 2. The van der Waals surface area contributed by atoms with Crippen molar-refractivity contribution in [3.05, 3.63) is 0 Å². The molecule has 1 saturated carbocycles. The molecular formula is C8H12O4. The quantitative estimate of drug-likeness (QED) is 0.439. The molecule has 1 fully saturated rings. The fraction of sp³-hybridized carbons (Fsp3) is 0.750. The number of hydrogen-bond donors (Lipinski definition) is 0. The third-order valence-electron chi connectivity index (χ3n) is 2.15. The monoisotopic (exact) mass is 172 g/mol. The molecule has 2 atom stereocenters. The number of ether oxygens (including phenoxy) is 2. The van der Waals surface area contributed by atoms with Gasteiger partial charge in [-0.25, -0.2) is 0 Å². The summed E-state index contributed by atoms with van der Waals surface area (Å²) in [4.78, 5) is 22.3. The minimum atomic E-state index is -0.597. The maximum absolute atomic E-state index is 11.3. The summed E-state index contributed by atoms with van der Waals surface area (Å²) in [6.45, 7) is 0. The van der Waals surface area contributed by atoms with Gasteiger partial charge in [0.25, 0.3) is 0 Å². The second-order valence-electron chi connectivity index (χ2n) is 2.78. The van der Waals surface area contributed by atoms with Gasteiger partial charge in [-0.2, -0.15) is 0 Å². The maximum Gasteiger partial charge on any atom is 0.316 e. The van der Waals surface area contributed by atoms with Gasteiger partial charge in [-0.05, 0) is 12.8 Å². The first kappa shape index (κ1) is 9.19. The van der Waals surface area contributed by atoms with Crippen molar-refractivity contribution in [1.82, 2.24) is 0 Å². The van der Waals surface area contributed by atoms with Gasteiger partial charge in [-0.1, -0.05) is 0 Å². The van der Waals surface area contributed by atoms with Crippen molar-refractivity contribution in [2.24, 2.45) is 5.92 Å². The Morgan fingerprint density at radius 1 is 1.42 bits per heavy atom. The van der Waals surface area contributed by atoms with E-state index in [1.165, 1.54) is 14.2 Å². The Labute approximate surface area is 70.8 Å². The van der Waals surface area contributed by atoms with E-state index >= 15 is 0 Å². The number of ketones is 1. The summed E-state index contributed by atoms with van der Waals surface area (Å²) < 4.78 is 9.37. The zero-order chi connectivity index (χ0) is 9.14. The van der Waals surface area contributed by atoms with Crippen molar-refractivity contribution in [2.75, 3.05) is 14.2 Å². The molecule has 1 aliphatic carbocycles. The van der Waals surface area contributed by atoms with Crippen molar-refractivity contribution < 1.29 is 19.1 Å². The van der Waals surface area contributed by atoms with Crippen molar-refractivity contribution in [1.29, 1.82) is 0 Å². The molecule has 0 aliphatic heterocycles. The van der Waals surface area contributed by atoms with Crippen molar-refractivity contribution >= 4 is 11.8 Å². The van der Waals surface area contributed by atoms with Gasteiger partial charge in [-0.15, -0.1) is 0 Å². The summed E-state index contributed by atoms with van der Waals surface area (Å²) in [5, 5.41) is 0. The third-order valence-corrected chi connectivity index (χ3v) is 2.15. The van der Waals surface area contributed by atoms with Gasteiger partial charge >= 0.3 is 5.97 Å². The van der Waals surface area contributed by atoms with E-state index in [2.05, 4.69) is 4.74 Å².